The fourth-order valence-corrected chi connectivity index (χ4v) is 1.02. The van der Waals surface area contributed by atoms with E-state index in [1.807, 2.05) is 19.1 Å². The van der Waals surface area contributed by atoms with Crippen LogP contribution in [0, 0.1) is 0 Å². The van der Waals surface area contributed by atoms with Gasteiger partial charge in [0.25, 0.3) is 0 Å². The van der Waals surface area contributed by atoms with E-state index in [4.69, 9.17) is 5.73 Å². The number of pyridine rings is 1. The number of aromatic nitrogens is 1. The molecule has 14 heavy (non-hydrogen) atoms. The molecule has 0 saturated carbocycles. The summed E-state index contributed by atoms with van der Waals surface area (Å²) >= 11 is 0. The molecule has 4 heteroatoms. The Hall–Kier alpha value is -1.42. The molecule has 1 amide bonds. The minimum atomic E-state index is -0.00602. The monoisotopic (exact) mass is 193 g/mol. The highest BCUT2D eigenvalue weighted by molar-refractivity contribution is 5.78. The van der Waals surface area contributed by atoms with Crippen molar-refractivity contribution >= 4 is 5.91 Å². The van der Waals surface area contributed by atoms with E-state index in [1.54, 1.807) is 12.4 Å². The van der Waals surface area contributed by atoms with Gasteiger partial charge in [-0.25, -0.2) is 0 Å². The molecule has 0 bridgehead atoms. The van der Waals surface area contributed by atoms with Crippen LogP contribution in [-0.2, 0) is 11.2 Å². The van der Waals surface area contributed by atoms with E-state index >= 15 is 0 Å². The van der Waals surface area contributed by atoms with Crippen LogP contribution in [-0.4, -0.2) is 23.5 Å². The maximum Gasteiger partial charge on any atom is 0.224 e. The molecule has 1 unspecified atom stereocenters. The van der Waals surface area contributed by atoms with Gasteiger partial charge in [0.2, 0.25) is 5.91 Å². The van der Waals surface area contributed by atoms with Gasteiger partial charge in [0.15, 0.2) is 0 Å². The third-order valence-electron chi connectivity index (χ3n) is 1.74. The third-order valence-corrected chi connectivity index (χ3v) is 1.74. The molecule has 0 aliphatic carbocycles. The normalized spacial score (nSPS) is 12.1. The van der Waals surface area contributed by atoms with Crippen LogP contribution in [0.4, 0.5) is 0 Å². The maximum absolute atomic E-state index is 11.3. The van der Waals surface area contributed by atoms with Crippen LogP contribution >= 0.6 is 0 Å². The van der Waals surface area contributed by atoms with Crippen molar-refractivity contribution in [1.29, 1.82) is 0 Å². The summed E-state index contributed by atoms with van der Waals surface area (Å²) in [6.45, 7) is 2.37. The summed E-state index contributed by atoms with van der Waals surface area (Å²) in [5.41, 5.74) is 6.47. The second-order valence-corrected chi connectivity index (χ2v) is 3.31. The Bertz CT molecular complexity index is 285. The van der Waals surface area contributed by atoms with Crippen molar-refractivity contribution in [3.63, 3.8) is 0 Å². The second kappa shape index (κ2) is 5.34. The minimum Gasteiger partial charge on any atom is -0.354 e. The molecule has 1 rings (SSSR count). The van der Waals surface area contributed by atoms with Crippen LogP contribution in [0.25, 0.3) is 0 Å². The molecular weight excluding hydrogens is 178 g/mol. The second-order valence-electron chi connectivity index (χ2n) is 3.31. The topological polar surface area (TPSA) is 68.0 Å². The van der Waals surface area contributed by atoms with Crippen molar-refractivity contribution in [3.05, 3.63) is 30.1 Å². The number of rotatable bonds is 4. The molecule has 1 atom stereocenters. The lowest BCUT2D eigenvalue weighted by Gasteiger charge is -2.07. The van der Waals surface area contributed by atoms with E-state index < -0.39 is 0 Å². The number of hydrogen-bond acceptors (Lipinski definition) is 3. The minimum absolute atomic E-state index is 0.00334. The molecule has 0 fully saturated rings. The lowest BCUT2D eigenvalue weighted by Crippen LogP contribution is -2.35. The number of amides is 1. The van der Waals surface area contributed by atoms with Crippen molar-refractivity contribution < 1.29 is 4.79 Å². The highest BCUT2D eigenvalue weighted by Gasteiger charge is 2.03. The average molecular weight is 193 g/mol. The predicted molar refractivity (Wildman–Crippen MR) is 54.6 cm³/mol. The van der Waals surface area contributed by atoms with Gasteiger partial charge in [-0.3, -0.25) is 9.78 Å². The Morgan fingerprint density at radius 1 is 1.57 bits per heavy atom. The Labute approximate surface area is 83.5 Å². The summed E-state index contributed by atoms with van der Waals surface area (Å²) in [6.07, 6.45) is 3.73. The van der Waals surface area contributed by atoms with Crippen LogP contribution < -0.4 is 11.1 Å². The SMILES string of the molecule is CC(N)CNC(=O)Cc1ccncc1. The summed E-state index contributed by atoms with van der Waals surface area (Å²) in [7, 11) is 0. The molecule has 0 aromatic carbocycles. The third kappa shape index (κ3) is 4.00. The Morgan fingerprint density at radius 2 is 2.21 bits per heavy atom. The standard InChI is InChI=1S/C10H15N3O/c1-8(11)7-13-10(14)6-9-2-4-12-5-3-9/h2-5,8H,6-7,11H2,1H3,(H,13,14). The number of carbonyl (C=O) groups excluding carboxylic acids is 1. The first-order valence-electron chi connectivity index (χ1n) is 4.59. The van der Waals surface area contributed by atoms with Gasteiger partial charge in [0, 0.05) is 25.0 Å². The average Bonchev–Trinajstić information content (AvgIpc) is 2.16. The zero-order valence-corrected chi connectivity index (χ0v) is 8.23. The number of hydrogen-bond donors (Lipinski definition) is 2. The zero-order chi connectivity index (χ0) is 10.4. The number of carbonyl (C=O) groups is 1. The highest BCUT2D eigenvalue weighted by Crippen LogP contribution is 1.96. The first-order chi connectivity index (χ1) is 6.68. The van der Waals surface area contributed by atoms with E-state index in [9.17, 15) is 4.79 Å². The van der Waals surface area contributed by atoms with Gasteiger partial charge >= 0.3 is 0 Å². The van der Waals surface area contributed by atoms with Gasteiger partial charge in [0.1, 0.15) is 0 Å². The van der Waals surface area contributed by atoms with Crippen LogP contribution in [0.1, 0.15) is 12.5 Å². The van der Waals surface area contributed by atoms with Gasteiger partial charge in [-0.15, -0.1) is 0 Å². The smallest absolute Gasteiger partial charge is 0.224 e. The quantitative estimate of drug-likeness (QED) is 0.712. The van der Waals surface area contributed by atoms with Crippen LogP contribution in [0.2, 0.25) is 0 Å². The summed E-state index contributed by atoms with van der Waals surface area (Å²) in [5, 5.41) is 2.75. The van der Waals surface area contributed by atoms with Crippen LogP contribution in [0.3, 0.4) is 0 Å². The molecule has 1 heterocycles. The highest BCUT2D eigenvalue weighted by atomic mass is 16.1. The van der Waals surface area contributed by atoms with Crippen LogP contribution in [0.5, 0.6) is 0 Å². The zero-order valence-electron chi connectivity index (χ0n) is 8.23. The predicted octanol–water partition coefficient (Wildman–Crippen LogP) is 0.0875. The molecule has 1 aromatic rings. The Balaban J connectivity index is 2.35. The van der Waals surface area contributed by atoms with E-state index in [0.29, 0.717) is 13.0 Å². The fourth-order valence-electron chi connectivity index (χ4n) is 1.02. The molecule has 0 aliphatic rings. The lowest BCUT2D eigenvalue weighted by molar-refractivity contribution is -0.120. The lowest BCUT2D eigenvalue weighted by atomic mass is 10.2. The van der Waals surface area contributed by atoms with Gasteiger partial charge in [-0.1, -0.05) is 0 Å². The Kier molecular flexibility index (Phi) is 4.07. The van der Waals surface area contributed by atoms with Gasteiger partial charge in [-0.2, -0.15) is 0 Å². The van der Waals surface area contributed by atoms with Crippen LogP contribution in [0.15, 0.2) is 24.5 Å². The summed E-state index contributed by atoms with van der Waals surface area (Å²) in [5.74, 6) is -0.00602. The van der Waals surface area contributed by atoms with Gasteiger partial charge in [0.05, 0.1) is 6.42 Å². The van der Waals surface area contributed by atoms with E-state index in [1.165, 1.54) is 0 Å². The molecule has 3 N–H and O–H groups in total. The summed E-state index contributed by atoms with van der Waals surface area (Å²) in [6, 6.07) is 3.65. The molecule has 1 aromatic heterocycles. The van der Waals surface area contributed by atoms with E-state index in [-0.39, 0.29) is 11.9 Å². The summed E-state index contributed by atoms with van der Waals surface area (Å²) < 4.78 is 0. The number of nitrogens with zero attached hydrogens (tertiary/aromatic N) is 1. The van der Waals surface area contributed by atoms with Gasteiger partial charge < -0.3 is 11.1 Å². The number of nitrogens with two attached hydrogens (primary N) is 1. The fraction of sp³-hybridized carbons (Fsp3) is 0.400. The van der Waals surface area contributed by atoms with Crippen molar-refractivity contribution in [3.8, 4) is 0 Å². The number of nitrogens with one attached hydrogen (secondary N) is 1. The molecule has 0 saturated heterocycles. The molecule has 0 radical (unpaired) electrons. The first-order valence-corrected chi connectivity index (χ1v) is 4.59. The molecule has 76 valence electrons. The van der Waals surface area contributed by atoms with E-state index in [2.05, 4.69) is 10.3 Å². The molecule has 0 aliphatic heterocycles. The largest absolute Gasteiger partial charge is 0.354 e. The molecule has 4 nitrogen and oxygen atoms in total. The van der Waals surface area contributed by atoms with E-state index in [0.717, 1.165) is 5.56 Å². The Morgan fingerprint density at radius 3 is 2.79 bits per heavy atom. The summed E-state index contributed by atoms with van der Waals surface area (Å²) in [4.78, 5) is 15.2. The maximum atomic E-state index is 11.3. The molecule has 0 spiro atoms. The van der Waals surface area contributed by atoms with Crippen molar-refractivity contribution in [2.75, 3.05) is 6.54 Å². The first kappa shape index (κ1) is 10.7. The molecular formula is C10H15N3O. The van der Waals surface area contributed by atoms with Crippen molar-refractivity contribution in [2.45, 2.75) is 19.4 Å². The van der Waals surface area contributed by atoms with Crippen molar-refractivity contribution in [1.82, 2.24) is 10.3 Å². The van der Waals surface area contributed by atoms with Crippen molar-refractivity contribution in [2.24, 2.45) is 5.73 Å². The van der Waals surface area contributed by atoms with Gasteiger partial charge in [-0.05, 0) is 24.6 Å².